The number of carbonyl (C=O) groups excluding carboxylic acids is 2. The molecule has 0 aliphatic heterocycles. The molecule has 0 bridgehead atoms. The molecule has 0 radical (unpaired) electrons. The van der Waals surface area contributed by atoms with Crippen molar-refractivity contribution >= 4 is 11.8 Å². The highest BCUT2D eigenvalue weighted by Gasteiger charge is 2.12. The lowest BCUT2D eigenvalue weighted by Gasteiger charge is -2.08. The van der Waals surface area contributed by atoms with E-state index in [1.807, 2.05) is 24.3 Å². The van der Waals surface area contributed by atoms with Crippen LogP contribution < -0.4 is 15.4 Å². The van der Waals surface area contributed by atoms with Gasteiger partial charge in [0.05, 0.1) is 13.2 Å². The number of rotatable bonds is 6. The maximum Gasteiger partial charge on any atom is 0.309 e. The summed E-state index contributed by atoms with van der Waals surface area (Å²) in [5.74, 6) is -0.657. The molecule has 0 saturated carbocycles. The molecule has 0 unspecified atom stereocenters. The minimum Gasteiger partial charge on any atom is -0.497 e. The highest BCUT2D eigenvalue weighted by molar-refractivity contribution is 6.35. The van der Waals surface area contributed by atoms with Gasteiger partial charge in [-0.2, -0.15) is 0 Å². The van der Waals surface area contributed by atoms with Crippen LogP contribution in [-0.2, 0) is 16.0 Å². The van der Waals surface area contributed by atoms with Crippen molar-refractivity contribution < 1.29 is 19.4 Å². The van der Waals surface area contributed by atoms with E-state index >= 15 is 0 Å². The van der Waals surface area contributed by atoms with Crippen molar-refractivity contribution in [2.45, 2.75) is 19.4 Å². The van der Waals surface area contributed by atoms with Gasteiger partial charge < -0.3 is 20.5 Å². The summed E-state index contributed by atoms with van der Waals surface area (Å²) in [6, 6.07) is 7.48. The summed E-state index contributed by atoms with van der Waals surface area (Å²) in [5.41, 5.74) is 1.04. The fraction of sp³-hybridized carbons (Fsp3) is 0.429. The highest BCUT2D eigenvalue weighted by atomic mass is 16.5. The molecular formula is C14H20N2O4. The second kappa shape index (κ2) is 8.16. The largest absolute Gasteiger partial charge is 0.497 e. The third-order valence-corrected chi connectivity index (χ3v) is 2.62. The quantitative estimate of drug-likeness (QED) is 0.632. The molecule has 3 N–H and O–H groups in total. The number of hydrogen-bond acceptors (Lipinski definition) is 4. The lowest BCUT2D eigenvalue weighted by atomic mass is 10.1. The second-order valence-electron chi connectivity index (χ2n) is 4.41. The maximum atomic E-state index is 11.4. The molecule has 1 atom stereocenters. The number of nitrogens with one attached hydrogen (secondary N) is 2. The van der Waals surface area contributed by atoms with Crippen LogP contribution in [0.3, 0.4) is 0 Å². The molecule has 0 spiro atoms. The van der Waals surface area contributed by atoms with Crippen molar-refractivity contribution in [2.75, 3.05) is 20.2 Å². The first-order chi connectivity index (χ1) is 9.52. The molecule has 1 rings (SSSR count). The van der Waals surface area contributed by atoms with E-state index in [2.05, 4.69) is 10.6 Å². The summed E-state index contributed by atoms with van der Waals surface area (Å²) >= 11 is 0. The zero-order valence-electron chi connectivity index (χ0n) is 11.7. The molecule has 110 valence electrons. The van der Waals surface area contributed by atoms with Gasteiger partial charge in [0.15, 0.2) is 0 Å². The van der Waals surface area contributed by atoms with Crippen molar-refractivity contribution in [3.8, 4) is 5.75 Å². The van der Waals surface area contributed by atoms with Gasteiger partial charge in [-0.15, -0.1) is 0 Å². The Kier molecular flexibility index (Phi) is 6.52. The number of ether oxygens (including phenoxy) is 1. The van der Waals surface area contributed by atoms with Crippen molar-refractivity contribution in [1.29, 1.82) is 0 Å². The zero-order chi connectivity index (χ0) is 15.0. The summed E-state index contributed by atoms with van der Waals surface area (Å²) in [5, 5.41) is 13.8. The van der Waals surface area contributed by atoms with Crippen molar-refractivity contribution in [3.05, 3.63) is 29.8 Å². The molecule has 20 heavy (non-hydrogen) atoms. The van der Waals surface area contributed by atoms with E-state index in [4.69, 9.17) is 9.84 Å². The molecule has 1 aromatic rings. The summed E-state index contributed by atoms with van der Waals surface area (Å²) < 4.78 is 5.05. The van der Waals surface area contributed by atoms with Gasteiger partial charge in [0.2, 0.25) is 0 Å². The minimum absolute atomic E-state index is 0.0603. The van der Waals surface area contributed by atoms with Crippen LogP contribution in [0.2, 0.25) is 0 Å². The van der Waals surface area contributed by atoms with E-state index < -0.39 is 17.9 Å². The van der Waals surface area contributed by atoms with E-state index in [9.17, 15) is 9.59 Å². The lowest BCUT2D eigenvalue weighted by molar-refractivity contribution is -0.139. The first-order valence-corrected chi connectivity index (χ1v) is 6.40. The number of amides is 2. The monoisotopic (exact) mass is 280 g/mol. The average molecular weight is 280 g/mol. The third-order valence-electron chi connectivity index (χ3n) is 2.62. The van der Waals surface area contributed by atoms with E-state index in [1.165, 1.54) is 6.92 Å². The number of benzene rings is 1. The van der Waals surface area contributed by atoms with Crippen LogP contribution in [0.5, 0.6) is 5.75 Å². The topological polar surface area (TPSA) is 87.7 Å². The van der Waals surface area contributed by atoms with Gasteiger partial charge in [-0.25, -0.2) is 0 Å². The molecule has 0 heterocycles. The Hall–Kier alpha value is -2.08. The number of carbonyl (C=O) groups is 2. The van der Waals surface area contributed by atoms with Gasteiger partial charge in [-0.3, -0.25) is 9.59 Å². The maximum absolute atomic E-state index is 11.4. The SMILES string of the molecule is COc1ccc(CCNC(=O)C(=O)NC[C@@H](C)O)cc1. The van der Waals surface area contributed by atoms with Gasteiger partial charge in [0.1, 0.15) is 5.75 Å². The summed E-state index contributed by atoms with van der Waals surface area (Å²) in [4.78, 5) is 22.7. The van der Waals surface area contributed by atoms with Crippen molar-refractivity contribution in [2.24, 2.45) is 0 Å². The van der Waals surface area contributed by atoms with Gasteiger partial charge in [0, 0.05) is 13.1 Å². The van der Waals surface area contributed by atoms with E-state index in [1.54, 1.807) is 7.11 Å². The summed E-state index contributed by atoms with van der Waals surface area (Å²) in [7, 11) is 1.60. The number of methoxy groups -OCH3 is 1. The van der Waals surface area contributed by atoms with Crippen LogP contribution in [0.15, 0.2) is 24.3 Å². The molecule has 0 aromatic heterocycles. The second-order valence-corrected chi connectivity index (χ2v) is 4.41. The van der Waals surface area contributed by atoms with Gasteiger partial charge >= 0.3 is 11.8 Å². The fourth-order valence-corrected chi connectivity index (χ4v) is 1.51. The molecule has 6 heteroatoms. The molecule has 1 aromatic carbocycles. The Morgan fingerprint density at radius 2 is 1.80 bits per heavy atom. The average Bonchev–Trinajstić information content (AvgIpc) is 2.45. The smallest absolute Gasteiger partial charge is 0.309 e. The molecule has 0 saturated heterocycles. The normalized spacial score (nSPS) is 11.6. The third kappa shape index (κ3) is 5.71. The fourth-order valence-electron chi connectivity index (χ4n) is 1.51. The Labute approximate surface area is 118 Å². The predicted octanol–water partition coefficient (Wildman–Crippen LogP) is -0.149. The van der Waals surface area contributed by atoms with E-state index in [-0.39, 0.29) is 6.54 Å². The predicted molar refractivity (Wildman–Crippen MR) is 74.4 cm³/mol. The molecule has 0 aliphatic carbocycles. The van der Waals surface area contributed by atoms with Crippen LogP contribution in [0.4, 0.5) is 0 Å². The van der Waals surface area contributed by atoms with Crippen molar-refractivity contribution in [1.82, 2.24) is 10.6 Å². The molecular weight excluding hydrogens is 260 g/mol. The van der Waals surface area contributed by atoms with Gasteiger partial charge in [0.25, 0.3) is 0 Å². The first kappa shape index (κ1) is 16.0. The Balaban J connectivity index is 2.28. The van der Waals surface area contributed by atoms with Crippen LogP contribution in [0, 0.1) is 0 Å². The Morgan fingerprint density at radius 3 is 2.35 bits per heavy atom. The summed E-state index contributed by atoms with van der Waals surface area (Å²) in [6.45, 7) is 1.96. The zero-order valence-corrected chi connectivity index (χ0v) is 11.7. The Morgan fingerprint density at radius 1 is 1.20 bits per heavy atom. The molecule has 6 nitrogen and oxygen atoms in total. The molecule has 0 aliphatic rings. The van der Waals surface area contributed by atoms with Gasteiger partial charge in [-0.1, -0.05) is 12.1 Å². The van der Waals surface area contributed by atoms with E-state index in [0.717, 1.165) is 11.3 Å². The number of hydrogen-bond donors (Lipinski definition) is 3. The van der Waals surface area contributed by atoms with Gasteiger partial charge in [-0.05, 0) is 31.0 Å². The molecule has 0 fully saturated rings. The lowest BCUT2D eigenvalue weighted by Crippen LogP contribution is -2.42. The van der Waals surface area contributed by atoms with Crippen molar-refractivity contribution in [3.63, 3.8) is 0 Å². The molecule has 2 amide bonds. The Bertz CT molecular complexity index is 443. The minimum atomic E-state index is -0.736. The number of aliphatic hydroxyl groups excluding tert-OH is 1. The first-order valence-electron chi connectivity index (χ1n) is 6.40. The van der Waals surface area contributed by atoms with Crippen LogP contribution >= 0.6 is 0 Å². The summed E-state index contributed by atoms with van der Waals surface area (Å²) in [6.07, 6.45) is -0.0505. The highest BCUT2D eigenvalue weighted by Crippen LogP contribution is 2.11. The van der Waals surface area contributed by atoms with Crippen LogP contribution in [0.1, 0.15) is 12.5 Å². The van der Waals surface area contributed by atoms with Crippen LogP contribution in [0.25, 0.3) is 0 Å². The van der Waals surface area contributed by atoms with E-state index in [0.29, 0.717) is 13.0 Å². The standard InChI is InChI=1S/C14H20N2O4/c1-10(17)9-16-14(19)13(18)15-8-7-11-3-5-12(20-2)6-4-11/h3-6,10,17H,7-9H2,1-2H3,(H,15,18)(H,16,19)/t10-/m1/s1. The van der Waals surface area contributed by atoms with Crippen LogP contribution in [-0.4, -0.2) is 43.2 Å². The number of aliphatic hydroxyl groups is 1.